The van der Waals surface area contributed by atoms with Crippen molar-refractivity contribution in [1.29, 1.82) is 0 Å². The minimum atomic E-state index is -0.351. The first-order valence-electron chi connectivity index (χ1n) is 13.8. The molecular weight excluding hydrogens is 492 g/mol. The number of likely N-dealkylation sites (tertiary alicyclic amines) is 1. The number of piperidine rings is 1. The number of amides is 1. The largest absolute Gasteiger partial charge is 0.493 e. The average Bonchev–Trinajstić information content (AvgIpc) is 3.25. The SMILES string of the molecule is COc1cc(OC(C)=O)c2c3c1O[C@H]1[C@H](N(C)C(=O)C#Cc4ccc(C)c(C)c4)CC[C@H]4[C@@H](C2)N(C)CC[C@@]341. The van der Waals surface area contributed by atoms with Crippen molar-refractivity contribution in [3.8, 4) is 29.1 Å². The number of benzene rings is 2. The summed E-state index contributed by atoms with van der Waals surface area (Å²) < 4.78 is 18.4. The molecule has 5 atom stereocenters. The lowest BCUT2D eigenvalue weighted by Crippen LogP contribution is -2.68. The van der Waals surface area contributed by atoms with Crippen molar-refractivity contribution in [2.45, 2.75) is 70.1 Å². The van der Waals surface area contributed by atoms with Crippen LogP contribution >= 0.6 is 0 Å². The van der Waals surface area contributed by atoms with E-state index in [0.29, 0.717) is 23.5 Å². The monoisotopic (exact) mass is 528 g/mol. The number of aryl methyl sites for hydroxylation is 2. The molecule has 2 aromatic rings. The van der Waals surface area contributed by atoms with Crippen LogP contribution in [0.25, 0.3) is 0 Å². The Bertz CT molecular complexity index is 1440. The smallest absolute Gasteiger partial charge is 0.308 e. The number of likely N-dealkylation sites (N-methyl/N-ethyl adjacent to an activating group) is 2. The lowest BCUT2D eigenvalue weighted by atomic mass is 9.51. The molecule has 2 aromatic carbocycles. The van der Waals surface area contributed by atoms with Gasteiger partial charge in [0, 0.05) is 54.1 Å². The van der Waals surface area contributed by atoms with Crippen LogP contribution in [-0.4, -0.2) is 67.6 Å². The van der Waals surface area contributed by atoms with Crippen LogP contribution in [0.4, 0.5) is 0 Å². The molecule has 7 heteroatoms. The molecule has 7 nitrogen and oxygen atoms in total. The molecule has 2 bridgehead atoms. The van der Waals surface area contributed by atoms with Gasteiger partial charge in [-0.2, -0.15) is 0 Å². The van der Waals surface area contributed by atoms with Gasteiger partial charge in [-0.25, -0.2) is 0 Å². The molecule has 0 N–H and O–H groups in total. The molecule has 1 amide bonds. The second-order valence-electron chi connectivity index (χ2n) is 11.7. The fourth-order valence-corrected chi connectivity index (χ4v) is 7.73. The van der Waals surface area contributed by atoms with Crippen LogP contribution in [0.1, 0.15) is 54.0 Å². The number of rotatable bonds is 3. The van der Waals surface area contributed by atoms with Gasteiger partial charge in [0.1, 0.15) is 11.9 Å². The number of hydrogen-bond donors (Lipinski definition) is 0. The van der Waals surface area contributed by atoms with Gasteiger partial charge in [0.2, 0.25) is 0 Å². The number of hydrogen-bond acceptors (Lipinski definition) is 6. The molecule has 0 aromatic heterocycles. The zero-order chi connectivity index (χ0) is 27.6. The lowest BCUT2D eigenvalue weighted by molar-refractivity contribution is -0.134. The molecule has 204 valence electrons. The van der Waals surface area contributed by atoms with Crippen LogP contribution in [0.5, 0.6) is 17.2 Å². The first-order chi connectivity index (χ1) is 18.6. The molecule has 2 aliphatic carbocycles. The quantitative estimate of drug-likeness (QED) is 0.343. The van der Waals surface area contributed by atoms with Crippen molar-refractivity contribution < 1.29 is 23.8 Å². The van der Waals surface area contributed by atoms with E-state index in [1.54, 1.807) is 18.1 Å². The molecule has 2 heterocycles. The van der Waals surface area contributed by atoms with E-state index in [1.165, 1.54) is 12.5 Å². The summed E-state index contributed by atoms with van der Waals surface area (Å²) in [5.74, 6) is 7.67. The van der Waals surface area contributed by atoms with Gasteiger partial charge < -0.3 is 24.0 Å². The maximum Gasteiger partial charge on any atom is 0.308 e. The van der Waals surface area contributed by atoms with E-state index >= 15 is 0 Å². The molecule has 2 fully saturated rings. The maximum absolute atomic E-state index is 13.4. The fourth-order valence-electron chi connectivity index (χ4n) is 7.73. The topological polar surface area (TPSA) is 68.3 Å². The van der Waals surface area contributed by atoms with E-state index in [0.717, 1.165) is 60.2 Å². The summed E-state index contributed by atoms with van der Waals surface area (Å²) in [5.41, 5.74) is 5.09. The van der Waals surface area contributed by atoms with Crippen LogP contribution < -0.4 is 14.2 Å². The Hall–Kier alpha value is -3.50. The maximum atomic E-state index is 13.4. The van der Waals surface area contributed by atoms with E-state index in [-0.39, 0.29) is 29.4 Å². The van der Waals surface area contributed by atoms with Crippen LogP contribution in [0.15, 0.2) is 24.3 Å². The minimum Gasteiger partial charge on any atom is -0.493 e. The zero-order valence-corrected chi connectivity index (χ0v) is 23.6. The normalized spacial score (nSPS) is 27.9. The second-order valence-corrected chi connectivity index (χ2v) is 11.7. The number of ether oxygens (including phenoxy) is 3. The van der Waals surface area contributed by atoms with Crippen LogP contribution in [-0.2, 0) is 21.4 Å². The van der Waals surface area contributed by atoms with Gasteiger partial charge in [-0.05, 0) is 82.3 Å². The highest BCUT2D eigenvalue weighted by Gasteiger charge is 2.66. The van der Waals surface area contributed by atoms with Gasteiger partial charge in [0.05, 0.1) is 13.2 Å². The Kier molecular flexibility index (Phi) is 6.15. The number of nitrogens with zero attached hydrogens (tertiary/aromatic N) is 2. The number of carbonyl (C=O) groups is 2. The van der Waals surface area contributed by atoms with Gasteiger partial charge in [-0.3, -0.25) is 9.59 Å². The van der Waals surface area contributed by atoms with E-state index < -0.39 is 0 Å². The number of methoxy groups -OCH3 is 1. The van der Waals surface area contributed by atoms with Crippen LogP contribution in [0.2, 0.25) is 0 Å². The highest BCUT2D eigenvalue weighted by molar-refractivity contribution is 5.94. The zero-order valence-electron chi connectivity index (χ0n) is 23.6. The summed E-state index contributed by atoms with van der Waals surface area (Å²) >= 11 is 0. The minimum absolute atomic E-state index is 0.132. The molecule has 2 aliphatic heterocycles. The summed E-state index contributed by atoms with van der Waals surface area (Å²) in [6.07, 6.45) is 3.32. The van der Waals surface area contributed by atoms with Crippen molar-refractivity contribution in [3.63, 3.8) is 0 Å². The van der Waals surface area contributed by atoms with E-state index in [2.05, 4.69) is 37.6 Å². The highest BCUT2D eigenvalue weighted by atomic mass is 16.5. The Morgan fingerprint density at radius 3 is 2.67 bits per heavy atom. The number of carbonyl (C=O) groups excluding carboxylic acids is 2. The summed E-state index contributed by atoms with van der Waals surface area (Å²) in [7, 11) is 5.66. The summed E-state index contributed by atoms with van der Waals surface area (Å²) in [4.78, 5) is 29.7. The van der Waals surface area contributed by atoms with Crippen molar-refractivity contribution in [1.82, 2.24) is 9.80 Å². The van der Waals surface area contributed by atoms with E-state index in [9.17, 15) is 9.59 Å². The third kappa shape index (κ3) is 3.83. The lowest BCUT2D eigenvalue weighted by Gasteiger charge is -2.59. The molecule has 0 radical (unpaired) electrons. The third-order valence-corrected chi connectivity index (χ3v) is 9.75. The number of esters is 1. The molecular formula is C32H36N2O5. The highest BCUT2D eigenvalue weighted by Crippen LogP contribution is 2.65. The van der Waals surface area contributed by atoms with Gasteiger partial charge in [0.25, 0.3) is 5.91 Å². The molecule has 0 unspecified atom stereocenters. The average molecular weight is 529 g/mol. The first-order valence-corrected chi connectivity index (χ1v) is 13.8. The van der Waals surface area contributed by atoms with Gasteiger partial charge in [-0.1, -0.05) is 12.0 Å². The third-order valence-electron chi connectivity index (χ3n) is 9.75. The Morgan fingerprint density at radius 2 is 1.95 bits per heavy atom. The molecule has 4 aliphatic rings. The van der Waals surface area contributed by atoms with E-state index in [1.807, 2.05) is 25.2 Å². The van der Waals surface area contributed by atoms with Gasteiger partial charge >= 0.3 is 5.97 Å². The first kappa shape index (κ1) is 25.8. The summed E-state index contributed by atoms with van der Waals surface area (Å²) in [5, 5.41) is 0. The molecule has 1 spiro atoms. The van der Waals surface area contributed by atoms with Crippen LogP contribution in [0.3, 0.4) is 0 Å². The van der Waals surface area contributed by atoms with Gasteiger partial charge in [-0.15, -0.1) is 0 Å². The molecule has 6 rings (SSSR count). The molecule has 1 saturated carbocycles. The standard InChI is InChI=1S/C32H36N2O5/c1-18-7-8-21(15-19(18)2)9-12-28(36)34(5)24-11-10-23-25-16-22-26(38-20(3)35)17-27(37-6)30-29(22)32(23,31(24)39-30)13-14-33(25)4/h7-8,15,17,23-25,31H,10-11,13-14,16H2,1-6H3/t23-,24+,25+,31-,32-/m0/s1. The van der Waals surface area contributed by atoms with Crippen molar-refractivity contribution in [2.24, 2.45) is 5.92 Å². The Labute approximate surface area is 230 Å². The van der Waals surface area contributed by atoms with Gasteiger partial charge in [0.15, 0.2) is 11.5 Å². The summed E-state index contributed by atoms with van der Waals surface area (Å²) in [6, 6.07) is 7.99. The molecule has 39 heavy (non-hydrogen) atoms. The van der Waals surface area contributed by atoms with E-state index in [4.69, 9.17) is 14.2 Å². The fraction of sp³-hybridized carbons (Fsp3) is 0.500. The Balaban J connectivity index is 1.40. The van der Waals surface area contributed by atoms with Crippen molar-refractivity contribution in [3.05, 3.63) is 52.1 Å². The predicted octanol–water partition coefficient (Wildman–Crippen LogP) is 3.79. The van der Waals surface area contributed by atoms with Crippen LogP contribution in [0, 0.1) is 31.6 Å². The van der Waals surface area contributed by atoms with Crippen molar-refractivity contribution >= 4 is 11.9 Å². The molecule has 1 saturated heterocycles. The second kappa shape index (κ2) is 9.31. The predicted molar refractivity (Wildman–Crippen MR) is 147 cm³/mol. The summed E-state index contributed by atoms with van der Waals surface area (Å²) in [6.45, 7) is 6.49. The Morgan fingerprint density at radius 1 is 1.15 bits per heavy atom. The van der Waals surface area contributed by atoms with Crippen molar-refractivity contribution in [2.75, 3.05) is 27.7 Å².